The Morgan fingerprint density at radius 2 is 1.44 bits per heavy atom. The molecule has 0 aliphatic rings. The van der Waals surface area contributed by atoms with E-state index in [9.17, 15) is 0 Å². The van der Waals surface area contributed by atoms with Crippen LogP contribution in [0, 0.1) is 13.8 Å². The Morgan fingerprint density at radius 3 is 2.16 bits per heavy atom. The van der Waals surface area contributed by atoms with Crippen LogP contribution in [-0.4, -0.2) is 19.3 Å². The molecule has 4 aromatic carbocycles. The molecular formula is C45H48N4O. The van der Waals surface area contributed by atoms with E-state index < -0.39 is 0 Å². The van der Waals surface area contributed by atoms with Gasteiger partial charge in [-0.05, 0) is 109 Å². The first kappa shape index (κ1) is 33.3. The van der Waals surface area contributed by atoms with E-state index in [0.717, 1.165) is 71.1 Å². The normalized spacial score (nSPS) is 11.9. The molecule has 0 saturated heterocycles. The molecule has 254 valence electrons. The van der Waals surface area contributed by atoms with E-state index in [1.807, 2.05) is 6.20 Å². The molecular weight excluding hydrogens is 613 g/mol. The van der Waals surface area contributed by atoms with Crippen molar-refractivity contribution in [1.29, 1.82) is 0 Å². The van der Waals surface area contributed by atoms with Crippen LogP contribution in [0.2, 0.25) is 0 Å². The third kappa shape index (κ3) is 6.00. The number of benzene rings is 4. The Bertz CT molecular complexity index is 2330. The maximum Gasteiger partial charge on any atom is 0.137 e. The Balaban J connectivity index is 1.35. The SMILES string of the molecule is CCCc1ccnc(-n2c3ccccc3c3ccc(Oc4cc(-n5nc(C)c(-c6c(CC)cccc6CC)c5C)cc(C(C)(C)C)c4)cc32)c1. The topological polar surface area (TPSA) is 44.9 Å². The summed E-state index contributed by atoms with van der Waals surface area (Å²) in [5, 5.41) is 7.53. The predicted octanol–water partition coefficient (Wildman–Crippen LogP) is 11.8. The maximum atomic E-state index is 6.79. The molecule has 0 amide bonds. The first-order valence-corrected chi connectivity index (χ1v) is 18.1. The summed E-state index contributed by atoms with van der Waals surface area (Å²) < 4.78 is 11.2. The lowest BCUT2D eigenvalue weighted by molar-refractivity contribution is 0.478. The van der Waals surface area contributed by atoms with Gasteiger partial charge in [0.25, 0.3) is 0 Å². The number of hydrogen-bond acceptors (Lipinski definition) is 3. The van der Waals surface area contributed by atoms with Gasteiger partial charge in [-0.25, -0.2) is 9.67 Å². The van der Waals surface area contributed by atoms with Gasteiger partial charge in [0.1, 0.15) is 17.3 Å². The van der Waals surface area contributed by atoms with Crippen molar-refractivity contribution >= 4 is 21.8 Å². The summed E-state index contributed by atoms with van der Waals surface area (Å²) in [6.07, 6.45) is 6.00. The molecule has 0 fully saturated rings. The minimum atomic E-state index is -0.0944. The van der Waals surface area contributed by atoms with Crippen molar-refractivity contribution in [3.8, 4) is 34.1 Å². The lowest BCUT2D eigenvalue weighted by atomic mass is 9.86. The van der Waals surface area contributed by atoms with Crippen molar-refractivity contribution in [2.75, 3.05) is 0 Å². The molecule has 0 aliphatic heterocycles. The van der Waals surface area contributed by atoms with E-state index in [0.29, 0.717) is 0 Å². The molecule has 0 saturated carbocycles. The fourth-order valence-corrected chi connectivity index (χ4v) is 7.44. The van der Waals surface area contributed by atoms with E-state index in [2.05, 4.69) is 156 Å². The van der Waals surface area contributed by atoms with Gasteiger partial charge in [0, 0.05) is 40.4 Å². The van der Waals surface area contributed by atoms with Crippen molar-refractivity contribution in [2.45, 2.75) is 86.5 Å². The Morgan fingerprint density at radius 1 is 0.700 bits per heavy atom. The summed E-state index contributed by atoms with van der Waals surface area (Å²) in [5.74, 6) is 2.49. The largest absolute Gasteiger partial charge is 0.457 e. The van der Waals surface area contributed by atoms with Gasteiger partial charge in [-0.3, -0.25) is 4.57 Å². The highest BCUT2D eigenvalue weighted by molar-refractivity contribution is 6.09. The maximum absolute atomic E-state index is 6.79. The number of fused-ring (bicyclic) bond motifs is 3. The minimum absolute atomic E-state index is 0.0944. The van der Waals surface area contributed by atoms with Gasteiger partial charge in [0.2, 0.25) is 0 Å². The monoisotopic (exact) mass is 660 g/mol. The van der Waals surface area contributed by atoms with Crippen molar-refractivity contribution in [2.24, 2.45) is 0 Å². The molecule has 0 bridgehead atoms. The van der Waals surface area contributed by atoms with E-state index in [1.165, 1.54) is 44.2 Å². The van der Waals surface area contributed by atoms with Crippen LogP contribution in [0.1, 0.15) is 81.6 Å². The first-order valence-electron chi connectivity index (χ1n) is 18.1. The quantitative estimate of drug-likeness (QED) is 0.155. The lowest BCUT2D eigenvalue weighted by Crippen LogP contribution is -2.12. The van der Waals surface area contributed by atoms with Crippen LogP contribution in [0.15, 0.2) is 97.2 Å². The van der Waals surface area contributed by atoms with E-state index in [-0.39, 0.29) is 5.41 Å². The number of hydrogen-bond donors (Lipinski definition) is 0. The summed E-state index contributed by atoms with van der Waals surface area (Å²) in [6.45, 7) is 17.8. The van der Waals surface area contributed by atoms with Crippen LogP contribution in [0.25, 0.3) is 44.4 Å². The lowest BCUT2D eigenvalue weighted by Gasteiger charge is -2.22. The van der Waals surface area contributed by atoms with Crippen LogP contribution in [-0.2, 0) is 24.7 Å². The van der Waals surface area contributed by atoms with Gasteiger partial charge in [-0.2, -0.15) is 5.10 Å². The smallest absolute Gasteiger partial charge is 0.137 e. The number of ether oxygens (including phenoxy) is 1. The fraction of sp³-hybridized carbons (Fsp3) is 0.289. The van der Waals surface area contributed by atoms with Gasteiger partial charge in [0.15, 0.2) is 0 Å². The number of nitrogens with zero attached hydrogens (tertiary/aromatic N) is 4. The van der Waals surface area contributed by atoms with Crippen LogP contribution >= 0.6 is 0 Å². The molecule has 0 radical (unpaired) electrons. The van der Waals surface area contributed by atoms with E-state index in [4.69, 9.17) is 14.8 Å². The van der Waals surface area contributed by atoms with Crippen LogP contribution in [0.4, 0.5) is 0 Å². The predicted molar refractivity (Wildman–Crippen MR) is 209 cm³/mol. The third-order valence-corrected chi connectivity index (χ3v) is 10.0. The molecule has 5 heteroatoms. The standard InChI is InChI=1S/C45H48N4O/c1-9-15-31-22-23-46-42(24-31)48-40-19-13-12-18-38(40)39-21-20-36(28-41(39)48)50-37-26-34(45(6,7)8)25-35(27-37)49-30(5)43(29(4)47-49)44-32(10-2)16-14-17-33(44)11-3/h12-14,16-28H,9-11,15H2,1-8H3. The Hall–Kier alpha value is -5.16. The molecule has 7 rings (SSSR count). The zero-order chi connectivity index (χ0) is 35.2. The summed E-state index contributed by atoms with van der Waals surface area (Å²) >= 11 is 0. The van der Waals surface area contributed by atoms with Crippen LogP contribution < -0.4 is 4.74 Å². The molecule has 0 atom stereocenters. The van der Waals surface area contributed by atoms with Gasteiger partial charge in [-0.1, -0.05) is 84.4 Å². The summed E-state index contributed by atoms with van der Waals surface area (Å²) in [7, 11) is 0. The second-order valence-electron chi connectivity index (χ2n) is 14.5. The minimum Gasteiger partial charge on any atom is -0.457 e. The summed E-state index contributed by atoms with van der Waals surface area (Å²) in [4.78, 5) is 4.84. The van der Waals surface area contributed by atoms with Gasteiger partial charge in [-0.15, -0.1) is 0 Å². The number of pyridine rings is 1. The number of aryl methyl sites for hydroxylation is 4. The summed E-state index contributed by atoms with van der Waals surface area (Å²) in [5.41, 5.74) is 13.1. The molecule has 5 nitrogen and oxygen atoms in total. The molecule has 7 aromatic rings. The van der Waals surface area contributed by atoms with Crippen molar-refractivity contribution in [3.63, 3.8) is 0 Å². The second-order valence-corrected chi connectivity index (χ2v) is 14.5. The van der Waals surface area contributed by atoms with Crippen LogP contribution in [0.5, 0.6) is 11.5 Å². The molecule has 0 aliphatic carbocycles. The highest BCUT2D eigenvalue weighted by atomic mass is 16.5. The average Bonchev–Trinajstić information content (AvgIpc) is 3.59. The Labute approximate surface area is 296 Å². The molecule has 50 heavy (non-hydrogen) atoms. The highest BCUT2D eigenvalue weighted by Gasteiger charge is 2.22. The number of rotatable bonds is 9. The van der Waals surface area contributed by atoms with Gasteiger partial charge < -0.3 is 4.74 Å². The molecule has 0 N–H and O–H groups in total. The zero-order valence-corrected chi connectivity index (χ0v) is 30.8. The molecule has 3 aromatic heterocycles. The van der Waals surface area contributed by atoms with Crippen molar-refractivity contribution in [3.05, 3.63) is 131 Å². The van der Waals surface area contributed by atoms with Gasteiger partial charge in [0.05, 0.1) is 22.4 Å². The van der Waals surface area contributed by atoms with Crippen molar-refractivity contribution < 1.29 is 4.74 Å². The Kier molecular flexibility index (Phi) is 8.86. The highest BCUT2D eigenvalue weighted by Crippen LogP contribution is 2.39. The summed E-state index contributed by atoms with van der Waals surface area (Å²) in [6, 6.07) is 32.6. The average molecular weight is 661 g/mol. The first-order chi connectivity index (χ1) is 24.1. The van der Waals surface area contributed by atoms with Gasteiger partial charge >= 0.3 is 0 Å². The van der Waals surface area contributed by atoms with Crippen molar-refractivity contribution in [1.82, 2.24) is 19.3 Å². The zero-order valence-electron chi connectivity index (χ0n) is 30.8. The molecule has 0 spiro atoms. The van der Waals surface area contributed by atoms with Crippen LogP contribution in [0.3, 0.4) is 0 Å². The number of para-hydroxylation sites is 1. The number of aromatic nitrogens is 4. The third-order valence-electron chi connectivity index (χ3n) is 10.0. The van der Waals surface area contributed by atoms with E-state index >= 15 is 0 Å². The van der Waals surface area contributed by atoms with E-state index in [1.54, 1.807) is 0 Å². The molecule has 3 heterocycles. The second kappa shape index (κ2) is 13.3. The molecule has 0 unspecified atom stereocenters. The fourth-order valence-electron chi connectivity index (χ4n) is 7.44.